The third-order valence-electron chi connectivity index (χ3n) is 9.42. The quantitative estimate of drug-likeness (QED) is 0.312. The fourth-order valence-corrected chi connectivity index (χ4v) is 7.31. The maximum Gasteiger partial charge on any atom is 0.357 e. The molecule has 6 rings (SSSR count). The predicted octanol–water partition coefficient (Wildman–Crippen LogP) is 1.17. The van der Waals surface area contributed by atoms with Crippen LogP contribution in [0.4, 0.5) is 0 Å². The summed E-state index contributed by atoms with van der Waals surface area (Å²) in [6, 6.07) is 12.1. The fourth-order valence-electron chi connectivity index (χ4n) is 7.31. The van der Waals surface area contributed by atoms with E-state index in [1.54, 1.807) is 36.4 Å². The lowest BCUT2D eigenvalue weighted by atomic mass is 9.50. The number of piperidine rings is 1. The van der Waals surface area contributed by atoms with Gasteiger partial charge in [-0.3, -0.25) is 9.59 Å². The SMILES string of the molecule is C[C@H](O)C(=O)NCCC(=O)O[C@H](C(=O)OC1=CC[C@@]2(O)[C@H]3Cc4ccc(CO)c5c4C2(CCN3C)C1O5)c1ccccc1. The van der Waals surface area contributed by atoms with Gasteiger partial charge in [0.05, 0.1) is 24.0 Å². The van der Waals surface area contributed by atoms with Gasteiger partial charge in [0.1, 0.15) is 17.6 Å². The number of hydrogen-bond donors (Lipinski definition) is 4. The molecule has 4 N–H and O–H groups in total. The number of likely N-dealkylation sites (N-methyl/N-ethyl adjacent to an activating group) is 1. The summed E-state index contributed by atoms with van der Waals surface area (Å²) in [5.41, 5.74) is 0.854. The Morgan fingerprint density at radius 1 is 1.19 bits per heavy atom. The first-order valence-corrected chi connectivity index (χ1v) is 14.6. The van der Waals surface area contributed by atoms with Crippen LogP contribution in [0.15, 0.2) is 54.3 Å². The van der Waals surface area contributed by atoms with Gasteiger partial charge in [-0.05, 0) is 45.0 Å². The number of likely N-dealkylation sites (tertiary alicyclic amines) is 1. The van der Waals surface area contributed by atoms with Gasteiger partial charge in [-0.15, -0.1) is 0 Å². The van der Waals surface area contributed by atoms with E-state index in [0.29, 0.717) is 36.3 Å². The molecule has 1 fully saturated rings. The molecule has 1 saturated heterocycles. The predicted molar refractivity (Wildman–Crippen MR) is 152 cm³/mol. The van der Waals surface area contributed by atoms with Gasteiger partial charge in [0.25, 0.3) is 0 Å². The molecule has 1 spiro atoms. The third-order valence-corrected chi connectivity index (χ3v) is 9.42. The van der Waals surface area contributed by atoms with Crippen LogP contribution in [0.5, 0.6) is 5.75 Å². The molecule has 2 heterocycles. The van der Waals surface area contributed by atoms with E-state index < -0.39 is 47.2 Å². The monoisotopic (exact) mass is 592 g/mol. The Morgan fingerprint density at radius 3 is 2.67 bits per heavy atom. The second kappa shape index (κ2) is 11.1. The summed E-state index contributed by atoms with van der Waals surface area (Å²) < 4.78 is 18.1. The fraction of sp³-hybridized carbons (Fsp3) is 0.469. The molecule has 11 nitrogen and oxygen atoms in total. The molecule has 0 saturated carbocycles. The van der Waals surface area contributed by atoms with E-state index in [1.165, 1.54) is 6.92 Å². The molecule has 228 valence electrons. The van der Waals surface area contributed by atoms with Crippen LogP contribution >= 0.6 is 0 Å². The van der Waals surface area contributed by atoms with Crippen LogP contribution in [-0.4, -0.2) is 82.1 Å². The van der Waals surface area contributed by atoms with Crippen molar-refractivity contribution in [1.29, 1.82) is 0 Å². The first-order valence-electron chi connectivity index (χ1n) is 14.6. The van der Waals surface area contributed by atoms with E-state index >= 15 is 0 Å². The van der Waals surface area contributed by atoms with Crippen LogP contribution in [0.1, 0.15) is 54.5 Å². The normalized spacial score (nSPS) is 28.1. The Bertz CT molecular complexity index is 1470. The van der Waals surface area contributed by atoms with Crippen molar-refractivity contribution in [3.8, 4) is 5.75 Å². The van der Waals surface area contributed by atoms with Crippen LogP contribution < -0.4 is 10.1 Å². The lowest BCUT2D eigenvalue weighted by molar-refractivity contribution is -0.176. The Balaban J connectivity index is 1.29. The van der Waals surface area contributed by atoms with E-state index in [2.05, 4.69) is 10.2 Å². The highest BCUT2D eigenvalue weighted by Crippen LogP contribution is 2.64. The van der Waals surface area contributed by atoms with E-state index in [-0.39, 0.29) is 37.8 Å². The number of hydrogen-bond acceptors (Lipinski definition) is 10. The van der Waals surface area contributed by atoms with Gasteiger partial charge in [-0.1, -0.05) is 42.5 Å². The summed E-state index contributed by atoms with van der Waals surface area (Å²) in [6.07, 6.45) is -0.562. The van der Waals surface area contributed by atoms with Crippen molar-refractivity contribution in [2.75, 3.05) is 20.1 Å². The number of aliphatic hydroxyl groups is 3. The number of esters is 2. The highest BCUT2D eigenvalue weighted by Gasteiger charge is 2.72. The van der Waals surface area contributed by atoms with E-state index in [0.717, 1.165) is 11.1 Å². The molecule has 0 radical (unpaired) electrons. The molecule has 2 aliphatic carbocycles. The molecule has 2 aromatic rings. The molecular formula is C32H36N2O9. The molecule has 4 aliphatic rings. The number of aliphatic hydroxyl groups excluding tert-OH is 2. The minimum absolute atomic E-state index is 0.0787. The van der Waals surface area contributed by atoms with Crippen molar-refractivity contribution in [2.24, 2.45) is 0 Å². The molecular weight excluding hydrogens is 556 g/mol. The standard InChI is InChI=1S/C32H36N2O9/c1-18(36)29(38)33-14-11-24(37)42-27(19-6-4-3-5-7-19)30(39)41-22-10-12-32(40)23-16-20-8-9-21(17-35)26-25(20)31(32,28(22)43-26)13-15-34(23)2/h3-10,18,23,27-28,35-36,40H,11-17H2,1-2H3,(H,33,38)/t18-,23+,27-,28?,31?,32+/m0/s1. The average molecular weight is 593 g/mol. The van der Waals surface area contributed by atoms with Crippen molar-refractivity contribution >= 4 is 17.8 Å². The van der Waals surface area contributed by atoms with E-state index in [1.807, 2.05) is 19.2 Å². The number of carbonyl (C=O) groups is 3. The third kappa shape index (κ3) is 4.62. The van der Waals surface area contributed by atoms with Crippen molar-refractivity contribution < 1.29 is 43.9 Å². The van der Waals surface area contributed by atoms with E-state index in [4.69, 9.17) is 14.2 Å². The van der Waals surface area contributed by atoms with Gasteiger partial charge in [-0.2, -0.15) is 0 Å². The largest absolute Gasteiger partial charge is 0.481 e. The Kier molecular flexibility index (Phi) is 7.54. The lowest BCUT2D eigenvalue weighted by Gasteiger charge is -2.61. The van der Waals surface area contributed by atoms with Crippen molar-refractivity contribution in [1.82, 2.24) is 10.2 Å². The average Bonchev–Trinajstić information content (AvgIpc) is 3.35. The molecule has 6 atom stereocenters. The van der Waals surface area contributed by atoms with Crippen molar-refractivity contribution in [3.63, 3.8) is 0 Å². The number of nitrogens with zero attached hydrogens (tertiary/aromatic N) is 1. The van der Waals surface area contributed by atoms with Crippen molar-refractivity contribution in [2.45, 2.75) is 74.6 Å². The molecule has 2 unspecified atom stereocenters. The number of nitrogens with one attached hydrogen (secondary N) is 1. The van der Waals surface area contributed by atoms with Crippen LogP contribution in [0.2, 0.25) is 0 Å². The maximum atomic E-state index is 13.8. The van der Waals surface area contributed by atoms with Gasteiger partial charge < -0.3 is 39.7 Å². The second-order valence-corrected chi connectivity index (χ2v) is 11.8. The van der Waals surface area contributed by atoms with Gasteiger partial charge in [0, 0.05) is 35.7 Å². The smallest absolute Gasteiger partial charge is 0.357 e. The first kappa shape index (κ1) is 29.3. The zero-order chi connectivity index (χ0) is 30.5. The van der Waals surface area contributed by atoms with Gasteiger partial charge in [0.2, 0.25) is 12.0 Å². The Hall–Kier alpha value is -3.77. The maximum absolute atomic E-state index is 13.8. The molecule has 1 amide bonds. The summed E-state index contributed by atoms with van der Waals surface area (Å²) in [7, 11) is 2.00. The number of benzene rings is 2. The minimum atomic E-state index is -1.40. The molecule has 43 heavy (non-hydrogen) atoms. The zero-order valence-electron chi connectivity index (χ0n) is 24.1. The zero-order valence-corrected chi connectivity index (χ0v) is 24.1. The number of ether oxygens (including phenoxy) is 3. The molecule has 11 heteroatoms. The number of carbonyl (C=O) groups excluding carboxylic acids is 3. The minimum Gasteiger partial charge on any atom is -0.481 e. The van der Waals surface area contributed by atoms with Crippen LogP contribution in [-0.2, 0) is 42.3 Å². The second-order valence-electron chi connectivity index (χ2n) is 11.8. The lowest BCUT2D eigenvalue weighted by Crippen LogP contribution is -2.74. The topological polar surface area (TPSA) is 155 Å². The first-order chi connectivity index (χ1) is 20.6. The highest BCUT2D eigenvalue weighted by atomic mass is 16.6. The summed E-state index contributed by atoms with van der Waals surface area (Å²) in [6.45, 7) is 1.69. The Labute approximate surface area is 249 Å². The highest BCUT2D eigenvalue weighted by molar-refractivity contribution is 5.83. The van der Waals surface area contributed by atoms with Crippen LogP contribution in [0, 0.1) is 0 Å². The Morgan fingerprint density at radius 2 is 1.95 bits per heavy atom. The number of rotatable bonds is 9. The van der Waals surface area contributed by atoms with Gasteiger partial charge in [-0.25, -0.2) is 4.79 Å². The van der Waals surface area contributed by atoms with E-state index in [9.17, 15) is 29.7 Å². The van der Waals surface area contributed by atoms with Gasteiger partial charge >= 0.3 is 11.9 Å². The molecule has 2 aliphatic heterocycles. The van der Waals surface area contributed by atoms with Gasteiger partial charge in [0.15, 0.2) is 6.10 Å². The molecule has 2 aromatic carbocycles. The summed E-state index contributed by atoms with van der Waals surface area (Å²) in [5, 5.41) is 34.3. The molecule has 0 aromatic heterocycles. The van der Waals surface area contributed by atoms with Crippen LogP contribution in [0.25, 0.3) is 0 Å². The summed E-state index contributed by atoms with van der Waals surface area (Å²) in [5.74, 6) is -1.44. The van der Waals surface area contributed by atoms with Crippen molar-refractivity contribution in [3.05, 3.63) is 76.6 Å². The number of amides is 1. The van der Waals surface area contributed by atoms with Crippen LogP contribution in [0.3, 0.4) is 0 Å². The summed E-state index contributed by atoms with van der Waals surface area (Å²) in [4.78, 5) is 40.3. The molecule has 2 bridgehead atoms. The summed E-state index contributed by atoms with van der Waals surface area (Å²) >= 11 is 0.